The molecule has 0 aliphatic carbocycles. The van der Waals surface area contributed by atoms with Crippen LogP contribution in [-0.4, -0.2) is 48.0 Å². The lowest BCUT2D eigenvalue weighted by atomic mass is 9.93. The van der Waals surface area contributed by atoms with Crippen molar-refractivity contribution < 1.29 is 37.7 Å². The van der Waals surface area contributed by atoms with Gasteiger partial charge in [-0.2, -0.15) is 13.2 Å². The maximum Gasteiger partial charge on any atom is 0.490 e. The summed E-state index contributed by atoms with van der Waals surface area (Å²) in [5.74, 6) is -2.62. The zero-order valence-corrected chi connectivity index (χ0v) is 16.3. The largest absolute Gasteiger partial charge is 0.494 e. The molecule has 0 heterocycles. The number of benzene rings is 1. The summed E-state index contributed by atoms with van der Waals surface area (Å²) in [5.41, 5.74) is 1.52. The van der Waals surface area contributed by atoms with Crippen LogP contribution in [0.2, 0.25) is 0 Å². The van der Waals surface area contributed by atoms with Gasteiger partial charge in [-0.05, 0) is 42.5 Å². The fourth-order valence-corrected chi connectivity index (χ4v) is 1.78. The summed E-state index contributed by atoms with van der Waals surface area (Å²) in [6.45, 7) is 8.66. The Kier molecular flexibility index (Phi) is 11.2. The van der Waals surface area contributed by atoms with E-state index in [1.54, 1.807) is 0 Å². The highest BCUT2D eigenvalue weighted by Gasteiger charge is 2.38. The van der Waals surface area contributed by atoms with Crippen LogP contribution < -0.4 is 10.1 Å². The second-order valence-electron chi connectivity index (χ2n) is 7.25. The minimum Gasteiger partial charge on any atom is -0.494 e. The Labute approximate surface area is 162 Å². The van der Waals surface area contributed by atoms with Crippen LogP contribution in [0.5, 0.6) is 5.75 Å². The fourth-order valence-electron chi connectivity index (χ4n) is 1.78. The molecule has 0 aliphatic rings. The van der Waals surface area contributed by atoms with Gasteiger partial charge in [0.1, 0.15) is 5.75 Å². The first-order chi connectivity index (χ1) is 12.8. The lowest BCUT2D eigenvalue weighted by molar-refractivity contribution is -0.192. The number of carboxylic acids is 2. The second-order valence-corrected chi connectivity index (χ2v) is 7.25. The fraction of sp³-hybridized carbons (Fsp3) is 0.579. The van der Waals surface area contributed by atoms with Crippen LogP contribution in [0.3, 0.4) is 0 Å². The van der Waals surface area contributed by atoms with E-state index in [2.05, 4.69) is 38.2 Å². The Balaban J connectivity index is 0.000000887. The number of hydrogen-bond acceptors (Lipinski definition) is 4. The van der Waals surface area contributed by atoms with Gasteiger partial charge in [-0.25, -0.2) is 4.79 Å². The molecule has 9 heteroatoms. The summed E-state index contributed by atoms with van der Waals surface area (Å²) in [6.07, 6.45) is -3.00. The monoisotopic (exact) mass is 407 g/mol. The van der Waals surface area contributed by atoms with Crippen molar-refractivity contribution in [3.8, 4) is 5.75 Å². The smallest absolute Gasteiger partial charge is 0.490 e. The van der Waals surface area contributed by atoms with Crippen LogP contribution in [-0.2, 0) is 16.0 Å². The molecule has 0 fully saturated rings. The molecule has 0 saturated carbocycles. The number of rotatable bonds is 9. The lowest BCUT2D eigenvalue weighted by Gasteiger charge is -2.18. The van der Waals surface area contributed by atoms with E-state index in [1.165, 1.54) is 5.56 Å². The molecule has 1 rings (SSSR count). The lowest BCUT2D eigenvalue weighted by Crippen LogP contribution is -2.21. The van der Waals surface area contributed by atoms with Gasteiger partial charge in [-0.1, -0.05) is 32.9 Å². The van der Waals surface area contributed by atoms with Crippen LogP contribution in [0.25, 0.3) is 0 Å². The number of ether oxygens (including phenoxy) is 1. The van der Waals surface area contributed by atoms with Gasteiger partial charge in [-0.15, -0.1) is 0 Å². The van der Waals surface area contributed by atoms with Gasteiger partial charge < -0.3 is 20.3 Å². The predicted molar refractivity (Wildman–Crippen MR) is 98.5 cm³/mol. The highest BCUT2D eigenvalue weighted by atomic mass is 19.4. The normalized spacial score (nSPS) is 11.4. The molecule has 6 nitrogen and oxygen atoms in total. The van der Waals surface area contributed by atoms with Crippen LogP contribution >= 0.6 is 0 Å². The van der Waals surface area contributed by atoms with Gasteiger partial charge >= 0.3 is 18.1 Å². The van der Waals surface area contributed by atoms with E-state index in [0.717, 1.165) is 31.7 Å². The molecular weight excluding hydrogens is 379 g/mol. The van der Waals surface area contributed by atoms with Crippen molar-refractivity contribution in [1.82, 2.24) is 5.32 Å². The number of nitrogens with one attached hydrogen (secondary N) is 1. The number of hydrogen-bond donors (Lipinski definition) is 3. The second kappa shape index (κ2) is 12.2. The molecule has 3 N–H and O–H groups in total. The zero-order chi connectivity index (χ0) is 21.8. The SMILES string of the molecule is CC(C)(C)CCOc1ccc(CCNCCC(=O)O)cc1.O=C(O)C(F)(F)F. The van der Waals surface area contributed by atoms with Crippen LogP contribution in [0.4, 0.5) is 13.2 Å². The number of halogens is 3. The highest BCUT2D eigenvalue weighted by molar-refractivity contribution is 5.73. The molecule has 1 aromatic carbocycles. The quantitative estimate of drug-likeness (QED) is 0.540. The summed E-state index contributed by atoms with van der Waals surface area (Å²) >= 11 is 0. The maximum atomic E-state index is 10.6. The average Bonchev–Trinajstić information content (AvgIpc) is 2.54. The van der Waals surface area contributed by atoms with E-state index < -0.39 is 18.1 Å². The van der Waals surface area contributed by atoms with E-state index in [1.807, 2.05) is 12.1 Å². The molecule has 0 amide bonds. The van der Waals surface area contributed by atoms with Gasteiger partial charge in [0.2, 0.25) is 0 Å². The van der Waals surface area contributed by atoms with E-state index in [4.69, 9.17) is 19.7 Å². The van der Waals surface area contributed by atoms with Crippen molar-refractivity contribution >= 4 is 11.9 Å². The maximum absolute atomic E-state index is 10.6. The third-order valence-corrected chi connectivity index (χ3v) is 3.39. The van der Waals surface area contributed by atoms with Crippen molar-refractivity contribution in [1.29, 1.82) is 0 Å². The zero-order valence-electron chi connectivity index (χ0n) is 16.3. The van der Waals surface area contributed by atoms with Crippen molar-refractivity contribution in [2.45, 2.75) is 46.2 Å². The highest BCUT2D eigenvalue weighted by Crippen LogP contribution is 2.20. The standard InChI is InChI=1S/C17H27NO3.C2HF3O2/c1-17(2,3)10-13-21-15-6-4-14(5-7-15)8-11-18-12-9-16(19)20;3-2(4,5)1(6)7/h4-7,18H,8-13H2,1-3H3,(H,19,20);(H,6,7). The van der Waals surface area contributed by atoms with E-state index in [-0.39, 0.29) is 6.42 Å². The molecule has 0 aromatic heterocycles. The van der Waals surface area contributed by atoms with E-state index in [9.17, 15) is 18.0 Å². The molecule has 28 heavy (non-hydrogen) atoms. The molecular formula is C19H28F3NO5. The Bertz CT molecular complexity index is 595. The van der Waals surface area contributed by atoms with E-state index >= 15 is 0 Å². The van der Waals surface area contributed by atoms with Crippen LogP contribution in [0.1, 0.15) is 39.2 Å². The first-order valence-corrected chi connectivity index (χ1v) is 8.75. The number of carboxylic acid groups (broad SMARTS) is 2. The molecule has 0 aliphatic heterocycles. The van der Waals surface area contributed by atoms with Crippen molar-refractivity contribution in [3.63, 3.8) is 0 Å². The third kappa shape index (κ3) is 14.8. The first kappa shape index (κ1) is 25.7. The number of aliphatic carboxylic acids is 2. The molecule has 0 bridgehead atoms. The Morgan fingerprint density at radius 1 is 1.04 bits per heavy atom. The average molecular weight is 407 g/mol. The predicted octanol–water partition coefficient (Wildman–Crippen LogP) is 3.74. The molecule has 0 atom stereocenters. The molecule has 0 unspecified atom stereocenters. The van der Waals surface area contributed by atoms with Crippen molar-refractivity contribution in [3.05, 3.63) is 29.8 Å². The van der Waals surface area contributed by atoms with Crippen molar-refractivity contribution in [2.24, 2.45) is 5.41 Å². The Morgan fingerprint density at radius 3 is 2.00 bits per heavy atom. The third-order valence-electron chi connectivity index (χ3n) is 3.39. The van der Waals surface area contributed by atoms with E-state index in [0.29, 0.717) is 12.0 Å². The van der Waals surface area contributed by atoms with Gasteiger partial charge in [0.25, 0.3) is 0 Å². The Hall–Kier alpha value is -2.29. The van der Waals surface area contributed by atoms with Crippen molar-refractivity contribution in [2.75, 3.05) is 19.7 Å². The number of alkyl halides is 3. The summed E-state index contributed by atoms with van der Waals surface area (Å²) < 4.78 is 37.5. The first-order valence-electron chi connectivity index (χ1n) is 8.75. The minimum absolute atomic E-state index is 0.167. The molecule has 0 saturated heterocycles. The Morgan fingerprint density at radius 2 is 1.57 bits per heavy atom. The van der Waals surface area contributed by atoms with Gasteiger partial charge in [-0.3, -0.25) is 4.79 Å². The van der Waals surface area contributed by atoms with Crippen LogP contribution in [0.15, 0.2) is 24.3 Å². The van der Waals surface area contributed by atoms with Gasteiger partial charge in [0, 0.05) is 6.54 Å². The summed E-state index contributed by atoms with van der Waals surface area (Å²) in [7, 11) is 0. The molecule has 0 radical (unpaired) electrons. The molecule has 160 valence electrons. The molecule has 1 aromatic rings. The summed E-state index contributed by atoms with van der Waals surface area (Å²) in [6, 6.07) is 8.11. The summed E-state index contributed by atoms with van der Waals surface area (Å²) in [4.78, 5) is 19.3. The topological polar surface area (TPSA) is 95.9 Å². The number of carbonyl (C=O) groups is 2. The van der Waals surface area contributed by atoms with Gasteiger partial charge in [0.05, 0.1) is 13.0 Å². The molecule has 0 spiro atoms. The van der Waals surface area contributed by atoms with Crippen LogP contribution in [0, 0.1) is 5.41 Å². The van der Waals surface area contributed by atoms with Gasteiger partial charge in [0.15, 0.2) is 0 Å². The minimum atomic E-state index is -5.08. The summed E-state index contributed by atoms with van der Waals surface area (Å²) in [5, 5.41) is 18.8.